The van der Waals surface area contributed by atoms with Crippen molar-refractivity contribution in [3.8, 4) is 0 Å². The van der Waals surface area contributed by atoms with E-state index in [0.717, 1.165) is 0 Å². The lowest BCUT2D eigenvalue weighted by molar-refractivity contribution is -0.143. The number of nitrogens with one attached hydrogen (secondary N) is 1. The van der Waals surface area contributed by atoms with Gasteiger partial charge in [0.05, 0.1) is 0 Å². The Bertz CT molecular complexity index is 225. The maximum atomic E-state index is 11.1. The first-order valence-electron chi connectivity index (χ1n) is 4.51. The van der Waals surface area contributed by atoms with Crippen LogP contribution in [-0.2, 0) is 9.53 Å². The molecule has 5 nitrogen and oxygen atoms in total. The molecule has 1 unspecified atom stereocenters. The molecule has 0 bridgehead atoms. The standard InChI is InChI=1S/C9H17NO4/c1-5-6(2)14-8(13)10-9(3,4)7(11)12/h6H,5H2,1-4H3,(H,10,13)(H,11,12). The molecule has 0 aliphatic heterocycles. The molecule has 82 valence electrons. The van der Waals surface area contributed by atoms with E-state index in [0.29, 0.717) is 6.42 Å². The van der Waals surface area contributed by atoms with Gasteiger partial charge in [0.25, 0.3) is 0 Å². The summed E-state index contributed by atoms with van der Waals surface area (Å²) in [5.74, 6) is -1.10. The fraction of sp³-hybridized carbons (Fsp3) is 0.778. The molecule has 0 aliphatic carbocycles. The number of alkyl carbamates (subject to hydrolysis) is 1. The van der Waals surface area contributed by atoms with Crippen LogP contribution in [-0.4, -0.2) is 28.8 Å². The van der Waals surface area contributed by atoms with Crippen LogP contribution in [0.5, 0.6) is 0 Å². The second-order valence-electron chi connectivity index (χ2n) is 3.68. The average Bonchev–Trinajstić information content (AvgIpc) is 2.02. The predicted octanol–water partition coefficient (Wildman–Crippen LogP) is 1.37. The molecule has 0 saturated carbocycles. The molecule has 0 spiro atoms. The van der Waals surface area contributed by atoms with Gasteiger partial charge in [-0.25, -0.2) is 9.59 Å². The summed E-state index contributed by atoms with van der Waals surface area (Å²) >= 11 is 0. The van der Waals surface area contributed by atoms with Crippen molar-refractivity contribution in [1.29, 1.82) is 0 Å². The molecule has 0 aromatic heterocycles. The third-order valence-corrected chi connectivity index (χ3v) is 1.83. The van der Waals surface area contributed by atoms with Crippen molar-refractivity contribution in [2.75, 3.05) is 0 Å². The lowest BCUT2D eigenvalue weighted by Crippen LogP contribution is -2.50. The van der Waals surface area contributed by atoms with Crippen LogP contribution in [0.4, 0.5) is 4.79 Å². The normalized spacial score (nSPS) is 13.1. The number of carbonyl (C=O) groups is 2. The number of carbonyl (C=O) groups excluding carboxylic acids is 1. The minimum atomic E-state index is -1.30. The fourth-order valence-electron chi connectivity index (χ4n) is 0.604. The Kier molecular flexibility index (Phi) is 4.40. The molecule has 2 N–H and O–H groups in total. The number of hydrogen-bond acceptors (Lipinski definition) is 3. The van der Waals surface area contributed by atoms with E-state index in [-0.39, 0.29) is 6.10 Å². The Hall–Kier alpha value is -1.26. The maximum Gasteiger partial charge on any atom is 0.408 e. The molecule has 0 rings (SSSR count). The molecule has 1 atom stereocenters. The largest absolute Gasteiger partial charge is 0.480 e. The summed E-state index contributed by atoms with van der Waals surface area (Å²) in [5.41, 5.74) is -1.30. The van der Waals surface area contributed by atoms with Crippen LogP contribution >= 0.6 is 0 Å². The van der Waals surface area contributed by atoms with Crippen LogP contribution in [0.1, 0.15) is 34.1 Å². The summed E-state index contributed by atoms with van der Waals surface area (Å²) in [6.07, 6.45) is -0.215. The molecule has 1 amide bonds. The van der Waals surface area contributed by atoms with Crippen molar-refractivity contribution in [1.82, 2.24) is 5.32 Å². The molecule has 0 heterocycles. The molecule has 5 heteroatoms. The van der Waals surface area contributed by atoms with Crippen molar-refractivity contribution < 1.29 is 19.4 Å². The van der Waals surface area contributed by atoms with Crippen molar-refractivity contribution in [3.63, 3.8) is 0 Å². The number of hydrogen-bond donors (Lipinski definition) is 2. The zero-order valence-corrected chi connectivity index (χ0v) is 8.96. The van der Waals surface area contributed by atoms with Gasteiger partial charge >= 0.3 is 12.1 Å². The predicted molar refractivity (Wildman–Crippen MR) is 51.1 cm³/mol. The first-order chi connectivity index (χ1) is 6.29. The highest BCUT2D eigenvalue weighted by Gasteiger charge is 2.29. The molecular weight excluding hydrogens is 186 g/mol. The zero-order valence-electron chi connectivity index (χ0n) is 8.96. The van der Waals surface area contributed by atoms with Crippen LogP contribution in [0.2, 0.25) is 0 Å². The van der Waals surface area contributed by atoms with Crippen LogP contribution < -0.4 is 5.32 Å². The Morgan fingerprint density at radius 1 is 1.50 bits per heavy atom. The second-order valence-corrected chi connectivity index (χ2v) is 3.68. The number of carboxylic acid groups (broad SMARTS) is 1. The molecule has 0 aliphatic rings. The molecule has 0 aromatic carbocycles. The van der Waals surface area contributed by atoms with E-state index in [9.17, 15) is 9.59 Å². The van der Waals surface area contributed by atoms with Crippen LogP contribution in [0.3, 0.4) is 0 Å². The number of carboxylic acids is 1. The van der Waals surface area contributed by atoms with E-state index in [2.05, 4.69) is 5.32 Å². The van der Waals surface area contributed by atoms with Gasteiger partial charge in [-0.05, 0) is 27.2 Å². The Balaban J connectivity index is 4.12. The van der Waals surface area contributed by atoms with E-state index in [1.165, 1.54) is 13.8 Å². The summed E-state index contributed by atoms with van der Waals surface area (Å²) in [5, 5.41) is 11.0. The van der Waals surface area contributed by atoms with Gasteiger partial charge in [0.15, 0.2) is 0 Å². The highest BCUT2D eigenvalue weighted by molar-refractivity contribution is 5.83. The van der Waals surface area contributed by atoms with Crippen molar-refractivity contribution in [3.05, 3.63) is 0 Å². The van der Waals surface area contributed by atoms with E-state index in [1.54, 1.807) is 6.92 Å². The summed E-state index contributed by atoms with van der Waals surface area (Å²) in [6.45, 7) is 6.41. The highest BCUT2D eigenvalue weighted by atomic mass is 16.6. The average molecular weight is 203 g/mol. The Morgan fingerprint density at radius 2 is 2.00 bits per heavy atom. The minimum absolute atomic E-state index is 0.209. The Labute approximate surface area is 83.4 Å². The van der Waals surface area contributed by atoms with Gasteiger partial charge in [0.2, 0.25) is 0 Å². The van der Waals surface area contributed by atoms with Crippen molar-refractivity contribution in [2.24, 2.45) is 0 Å². The monoisotopic (exact) mass is 203 g/mol. The third kappa shape index (κ3) is 4.11. The van der Waals surface area contributed by atoms with Gasteiger partial charge in [-0.3, -0.25) is 0 Å². The smallest absolute Gasteiger partial charge is 0.408 e. The number of aliphatic carboxylic acids is 1. The zero-order chi connectivity index (χ0) is 11.4. The quantitative estimate of drug-likeness (QED) is 0.723. The lowest BCUT2D eigenvalue weighted by atomic mass is 10.1. The fourth-order valence-corrected chi connectivity index (χ4v) is 0.604. The van der Waals surface area contributed by atoms with E-state index >= 15 is 0 Å². The van der Waals surface area contributed by atoms with Gasteiger partial charge in [0.1, 0.15) is 11.6 Å². The van der Waals surface area contributed by atoms with Gasteiger partial charge < -0.3 is 15.2 Å². The van der Waals surface area contributed by atoms with Gasteiger partial charge in [-0.1, -0.05) is 6.92 Å². The number of ether oxygens (including phenoxy) is 1. The first-order valence-corrected chi connectivity index (χ1v) is 4.51. The van der Waals surface area contributed by atoms with Crippen LogP contribution in [0.25, 0.3) is 0 Å². The van der Waals surface area contributed by atoms with Gasteiger partial charge in [-0.15, -0.1) is 0 Å². The van der Waals surface area contributed by atoms with Crippen molar-refractivity contribution in [2.45, 2.75) is 45.8 Å². The molecule has 0 fully saturated rings. The minimum Gasteiger partial charge on any atom is -0.480 e. The van der Waals surface area contributed by atoms with Crippen LogP contribution in [0, 0.1) is 0 Å². The van der Waals surface area contributed by atoms with E-state index in [4.69, 9.17) is 9.84 Å². The third-order valence-electron chi connectivity index (χ3n) is 1.83. The van der Waals surface area contributed by atoms with E-state index < -0.39 is 17.6 Å². The molecule has 0 saturated heterocycles. The second kappa shape index (κ2) is 4.83. The topological polar surface area (TPSA) is 75.6 Å². The molecule has 0 aromatic rings. The van der Waals surface area contributed by atoms with Crippen LogP contribution in [0.15, 0.2) is 0 Å². The highest BCUT2D eigenvalue weighted by Crippen LogP contribution is 2.04. The van der Waals surface area contributed by atoms with Gasteiger partial charge in [-0.2, -0.15) is 0 Å². The number of amides is 1. The van der Waals surface area contributed by atoms with Gasteiger partial charge in [0, 0.05) is 0 Å². The summed E-state index contributed by atoms with van der Waals surface area (Å²) in [6, 6.07) is 0. The summed E-state index contributed by atoms with van der Waals surface area (Å²) < 4.78 is 4.87. The summed E-state index contributed by atoms with van der Waals surface area (Å²) in [4.78, 5) is 21.8. The van der Waals surface area contributed by atoms with E-state index in [1.807, 2.05) is 6.92 Å². The maximum absolute atomic E-state index is 11.1. The SMILES string of the molecule is CCC(C)OC(=O)NC(C)(C)C(=O)O. The first kappa shape index (κ1) is 12.7. The molecule has 14 heavy (non-hydrogen) atoms. The molecular formula is C9H17NO4. The molecule has 0 radical (unpaired) electrons. The summed E-state index contributed by atoms with van der Waals surface area (Å²) in [7, 11) is 0. The Morgan fingerprint density at radius 3 is 2.36 bits per heavy atom. The lowest BCUT2D eigenvalue weighted by Gasteiger charge is -2.21. The number of rotatable bonds is 4. The van der Waals surface area contributed by atoms with Crippen molar-refractivity contribution >= 4 is 12.1 Å².